The summed E-state index contributed by atoms with van der Waals surface area (Å²) in [4.78, 5) is 10.9. The van der Waals surface area contributed by atoms with Crippen molar-refractivity contribution in [2.24, 2.45) is 11.3 Å². The predicted octanol–water partition coefficient (Wildman–Crippen LogP) is 2.06. The topological polar surface area (TPSA) is 37.3 Å². The van der Waals surface area contributed by atoms with E-state index in [4.69, 9.17) is 5.11 Å². The number of rotatable bonds is 2. The van der Waals surface area contributed by atoms with E-state index in [0.717, 1.165) is 12.8 Å². The first-order chi connectivity index (χ1) is 5.09. The lowest BCUT2D eigenvalue weighted by Gasteiger charge is -2.26. The summed E-state index contributed by atoms with van der Waals surface area (Å²) >= 11 is 0. The van der Waals surface area contributed by atoms with E-state index in [9.17, 15) is 4.79 Å². The second-order valence-corrected chi connectivity index (χ2v) is 3.44. The molecule has 1 aliphatic rings. The van der Waals surface area contributed by atoms with Gasteiger partial charge in [0.05, 0.1) is 5.41 Å². The van der Waals surface area contributed by atoms with Crippen LogP contribution in [0.4, 0.5) is 0 Å². The summed E-state index contributed by atoms with van der Waals surface area (Å²) in [6.45, 7) is 3.92. The van der Waals surface area contributed by atoms with Crippen LogP contribution in [-0.4, -0.2) is 11.1 Å². The van der Waals surface area contributed by atoms with Crippen LogP contribution in [0.1, 0.15) is 26.7 Å². The largest absolute Gasteiger partial charge is 0.481 e. The highest BCUT2D eigenvalue weighted by Gasteiger charge is 2.40. The fourth-order valence-electron chi connectivity index (χ4n) is 1.61. The Morgan fingerprint density at radius 1 is 1.64 bits per heavy atom. The summed E-state index contributed by atoms with van der Waals surface area (Å²) in [7, 11) is 0. The molecule has 2 heteroatoms. The summed E-state index contributed by atoms with van der Waals surface area (Å²) in [5.41, 5.74) is -0.569. The summed E-state index contributed by atoms with van der Waals surface area (Å²) in [5, 5.41) is 8.98. The molecule has 0 amide bonds. The third kappa shape index (κ3) is 1.17. The Balaban J connectivity index is 2.89. The van der Waals surface area contributed by atoms with Crippen LogP contribution in [0.5, 0.6) is 0 Å². The minimum absolute atomic E-state index is 0.193. The maximum atomic E-state index is 10.9. The highest BCUT2D eigenvalue weighted by atomic mass is 16.4. The van der Waals surface area contributed by atoms with Crippen LogP contribution in [0.2, 0.25) is 0 Å². The van der Waals surface area contributed by atoms with Gasteiger partial charge in [-0.15, -0.1) is 0 Å². The predicted molar refractivity (Wildman–Crippen MR) is 43.3 cm³/mol. The zero-order valence-corrected chi connectivity index (χ0v) is 7.00. The number of carboxylic acid groups (broad SMARTS) is 1. The maximum absolute atomic E-state index is 10.9. The fraction of sp³-hybridized carbons (Fsp3) is 0.667. The number of hydrogen-bond acceptors (Lipinski definition) is 1. The summed E-state index contributed by atoms with van der Waals surface area (Å²) in [6.07, 6.45) is 5.48. The molecular weight excluding hydrogens is 140 g/mol. The molecule has 0 radical (unpaired) electrons. The molecule has 62 valence electrons. The van der Waals surface area contributed by atoms with Crippen LogP contribution in [0.3, 0.4) is 0 Å². The lowest BCUT2D eigenvalue weighted by Crippen LogP contribution is -2.32. The molecule has 1 aliphatic carbocycles. The van der Waals surface area contributed by atoms with Gasteiger partial charge >= 0.3 is 5.97 Å². The zero-order valence-electron chi connectivity index (χ0n) is 7.00. The van der Waals surface area contributed by atoms with Crippen molar-refractivity contribution >= 4 is 5.97 Å². The first-order valence-electron chi connectivity index (χ1n) is 4.00. The summed E-state index contributed by atoms with van der Waals surface area (Å²) < 4.78 is 0. The van der Waals surface area contributed by atoms with Crippen LogP contribution in [0, 0.1) is 11.3 Å². The average Bonchev–Trinajstić information content (AvgIpc) is 2.34. The maximum Gasteiger partial charge on any atom is 0.313 e. The molecule has 0 aromatic carbocycles. The van der Waals surface area contributed by atoms with Crippen molar-refractivity contribution in [1.82, 2.24) is 0 Å². The Hall–Kier alpha value is -0.790. The molecule has 1 atom stereocenters. The lowest BCUT2D eigenvalue weighted by molar-refractivity contribution is -0.148. The lowest BCUT2D eigenvalue weighted by atomic mass is 9.77. The minimum atomic E-state index is -0.679. The van der Waals surface area contributed by atoms with Crippen LogP contribution < -0.4 is 0 Å². The second-order valence-electron chi connectivity index (χ2n) is 3.44. The Morgan fingerprint density at radius 3 is 2.45 bits per heavy atom. The van der Waals surface area contributed by atoms with Gasteiger partial charge in [0.1, 0.15) is 0 Å². The molecule has 0 heterocycles. The molecule has 0 fully saturated rings. The third-order valence-corrected chi connectivity index (χ3v) is 2.57. The highest BCUT2D eigenvalue weighted by molar-refractivity contribution is 5.78. The van der Waals surface area contributed by atoms with Gasteiger partial charge in [-0.3, -0.25) is 4.79 Å². The number of carboxylic acids is 1. The van der Waals surface area contributed by atoms with Crippen molar-refractivity contribution in [3.8, 4) is 0 Å². The molecule has 0 bridgehead atoms. The average molecular weight is 154 g/mol. The standard InChI is InChI=1S/C9H14O2/c1-7(2)9(8(10)11)5-3-4-6-9/h3,5,7H,4,6H2,1-2H3,(H,10,11). The van der Waals surface area contributed by atoms with Gasteiger partial charge in [0.25, 0.3) is 0 Å². The Bertz CT molecular complexity index is 194. The van der Waals surface area contributed by atoms with Gasteiger partial charge in [-0.25, -0.2) is 0 Å². The molecule has 1 rings (SSSR count). The Labute approximate surface area is 66.9 Å². The Kier molecular flexibility index (Phi) is 2.03. The number of carbonyl (C=O) groups is 1. The number of aliphatic carboxylic acids is 1. The molecule has 1 unspecified atom stereocenters. The fourth-order valence-corrected chi connectivity index (χ4v) is 1.61. The molecule has 11 heavy (non-hydrogen) atoms. The van der Waals surface area contributed by atoms with Gasteiger partial charge in [-0.1, -0.05) is 26.0 Å². The van der Waals surface area contributed by atoms with E-state index in [-0.39, 0.29) is 5.92 Å². The minimum Gasteiger partial charge on any atom is -0.481 e. The van der Waals surface area contributed by atoms with Gasteiger partial charge < -0.3 is 5.11 Å². The first-order valence-corrected chi connectivity index (χ1v) is 4.00. The molecule has 0 aromatic rings. The quantitative estimate of drug-likeness (QED) is 0.618. The molecule has 0 aliphatic heterocycles. The van der Waals surface area contributed by atoms with E-state index in [2.05, 4.69) is 0 Å². The smallest absolute Gasteiger partial charge is 0.313 e. The van der Waals surface area contributed by atoms with Crippen LogP contribution >= 0.6 is 0 Å². The molecular formula is C9H14O2. The van der Waals surface area contributed by atoms with E-state index >= 15 is 0 Å². The van der Waals surface area contributed by atoms with E-state index in [1.54, 1.807) is 0 Å². The summed E-state index contributed by atoms with van der Waals surface area (Å²) in [6, 6.07) is 0. The van der Waals surface area contributed by atoms with Crippen molar-refractivity contribution in [3.05, 3.63) is 12.2 Å². The van der Waals surface area contributed by atoms with Crippen molar-refractivity contribution in [3.63, 3.8) is 0 Å². The SMILES string of the molecule is CC(C)C1(C(=O)O)C=CCC1. The molecule has 2 nitrogen and oxygen atoms in total. The molecule has 0 aromatic heterocycles. The van der Waals surface area contributed by atoms with Gasteiger partial charge in [-0.05, 0) is 18.8 Å². The van der Waals surface area contributed by atoms with Crippen LogP contribution in [-0.2, 0) is 4.79 Å². The van der Waals surface area contributed by atoms with Gasteiger partial charge in [0.2, 0.25) is 0 Å². The number of hydrogen-bond donors (Lipinski definition) is 1. The van der Waals surface area contributed by atoms with Crippen molar-refractivity contribution in [2.75, 3.05) is 0 Å². The van der Waals surface area contributed by atoms with E-state index in [1.807, 2.05) is 26.0 Å². The van der Waals surface area contributed by atoms with E-state index < -0.39 is 11.4 Å². The Morgan fingerprint density at radius 2 is 2.27 bits per heavy atom. The second kappa shape index (κ2) is 2.68. The third-order valence-electron chi connectivity index (χ3n) is 2.57. The zero-order chi connectivity index (χ0) is 8.48. The van der Waals surface area contributed by atoms with Gasteiger partial charge in [-0.2, -0.15) is 0 Å². The summed E-state index contributed by atoms with van der Waals surface area (Å²) in [5.74, 6) is -0.486. The van der Waals surface area contributed by atoms with Crippen LogP contribution in [0.15, 0.2) is 12.2 Å². The molecule has 0 saturated carbocycles. The highest BCUT2D eigenvalue weighted by Crippen LogP contribution is 2.39. The van der Waals surface area contributed by atoms with E-state index in [0.29, 0.717) is 0 Å². The molecule has 0 spiro atoms. The number of allylic oxidation sites excluding steroid dienone is 1. The molecule has 1 N–H and O–H groups in total. The van der Waals surface area contributed by atoms with Crippen molar-refractivity contribution in [2.45, 2.75) is 26.7 Å². The first kappa shape index (κ1) is 8.31. The van der Waals surface area contributed by atoms with Crippen molar-refractivity contribution in [1.29, 1.82) is 0 Å². The monoisotopic (exact) mass is 154 g/mol. The van der Waals surface area contributed by atoms with Crippen LogP contribution in [0.25, 0.3) is 0 Å². The van der Waals surface area contributed by atoms with Crippen molar-refractivity contribution < 1.29 is 9.90 Å². The van der Waals surface area contributed by atoms with E-state index in [1.165, 1.54) is 0 Å². The van der Waals surface area contributed by atoms with Gasteiger partial charge in [0, 0.05) is 0 Å². The van der Waals surface area contributed by atoms with Gasteiger partial charge in [0.15, 0.2) is 0 Å². The molecule has 0 saturated heterocycles. The normalized spacial score (nSPS) is 29.7.